The number of aromatic amines is 1. The number of rotatable bonds is 0. The van der Waals surface area contributed by atoms with E-state index in [9.17, 15) is 4.79 Å². The first-order chi connectivity index (χ1) is 6.81. The highest BCUT2D eigenvalue weighted by molar-refractivity contribution is 7.71. The van der Waals surface area contributed by atoms with Crippen molar-refractivity contribution in [3.63, 3.8) is 0 Å². The molecule has 15 heavy (non-hydrogen) atoms. The molecule has 1 heterocycles. The molecule has 0 aliphatic carbocycles. The molecule has 0 aliphatic heterocycles. The highest BCUT2D eigenvalue weighted by Gasteiger charge is 2.13. The van der Waals surface area contributed by atoms with Crippen molar-refractivity contribution in [2.45, 2.75) is 26.4 Å². The Morgan fingerprint density at radius 2 is 2.07 bits per heavy atom. The quantitative estimate of drug-likeness (QED) is 0.529. The zero-order valence-corrected chi connectivity index (χ0v) is 9.80. The van der Waals surface area contributed by atoms with Gasteiger partial charge in [-0.25, -0.2) is 4.79 Å². The fourth-order valence-corrected chi connectivity index (χ4v) is 0.785. The van der Waals surface area contributed by atoms with Crippen LogP contribution in [-0.2, 0) is 4.74 Å². The van der Waals surface area contributed by atoms with E-state index in [2.05, 4.69) is 9.72 Å². The number of carbonyl (C=O) groups is 1. The molecule has 0 aromatic carbocycles. The summed E-state index contributed by atoms with van der Waals surface area (Å²) in [5.74, 6) is 0. The average Bonchev–Trinajstić information content (AvgIpc) is 2.01. The van der Waals surface area contributed by atoms with Crippen molar-refractivity contribution in [1.29, 1.82) is 0 Å². The third-order valence-electron chi connectivity index (χ3n) is 1.07. The lowest BCUT2D eigenvalue weighted by Gasteiger charge is -2.15. The first kappa shape index (κ1) is 13.6. The van der Waals surface area contributed by atoms with Crippen LogP contribution in [0, 0.1) is 4.64 Å². The topological polar surface area (TPSA) is 62.3 Å². The Balaban J connectivity index is 0.000000262. The molecular weight excluding hydrogens is 214 g/mol. The number of H-pyrrole nitrogens is 1. The monoisotopic (exact) mass is 229 g/mol. The Bertz CT molecular complexity index is 337. The second-order valence-corrected chi connectivity index (χ2v) is 4.15. The molecule has 0 unspecified atom stereocenters. The van der Waals surface area contributed by atoms with Gasteiger partial charge in [-0.1, -0.05) is 18.3 Å². The predicted molar refractivity (Wildman–Crippen MR) is 60.5 cm³/mol. The van der Waals surface area contributed by atoms with Crippen LogP contribution < -0.4 is 0 Å². The van der Waals surface area contributed by atoms with Gasteiger partial charge in [-0.15, -0.1) is 0 Å². The van der Waals surface area contributed by atoms with Crippen LogP contribution in [0.15, 0.2) is 24.4 Å². The summed E-state index contributed by atoms with van der Waals surface area (Å²) in [4.78, 5) is 12.6. The molecule has 0 fully saturated rings. The Labute approximate surface area is 93.9 Å². The van der Waals surface area contributed by atoms with E-state index in [1.165, 1.54) is 0 Å². The maximum absolute atomic E-state index is 9.79. The molecule has 0 amide bonds. The van der Waals surface area contributed by atoms with E-state index in [4.69, 9.17) is 17.3 Å². The van der Waals surface area contributed by atoms with Gasteiger partial charge in [0.1, 0.15) is 10.2 Å². The Morgan fingerprint density at radius 1 is 1.47 bits per heavy atom. The van der Waals surface area contributed by atoms with Crippen LogP contribution >= 0.6 is 12.2 Å². The molecule has 2 N–H and O–H groups in total. The summed E-state index contributed by atoms with van der Waals surface area (Å²) in [5.41, 5.74) is -0.578. The van der Waals surface area contributed by atoms with Crippen LogP contribution in [0.4, 0.5) is 4.79 Å². The minimum Gasteiger partial charge on any atom is -0.450 e. The standard InChI is InChI=1S/C5H5NS.C5H10O3/c7-5-3-1-2-4-6-5;1-5(2,3)8-4(6)7/h1-4H,(H,6,7);1-3H3,(H,6,7). The third-order valence-corrected chi connectivity index (χ3v) is 1.33. The van der Waals surface area contributed by atoms with Gasteiger partial charge in [0, 0.05) is 6.20 Å². The van der Waals surface area contributed by atoms with Crippen molar-refractivity contribution in [3.8, 4) is 0 Å². The molecule has 0 aliphatic rings. The van der Waals surface area contributed by atoms with Crippen LogP contribution in [-0.4, -0.2) is 21.8 Å². The second kappa shape index (κ2) is 6.19. The second-order valence-electron chi connectivity index (χ2n) is 3.71. The molecule has 1 rings (SSSR count). The zero-order valence-electron chi connectivity index (χ0n) is 8.98. The summed E-state index contributed by atoms with van der Waals surface area (Å²) in [6.07, 6.45) is 0.583. The zero-order chi connectivity index (χ0) is 11.9. The predicted octanol–water partition coefficient (Wildman–Crippen LogP) is 3.22. The molecule has 1 aromatic heterocycles. The van der Waals surface area contributed by atoms with Gasteiger partial charge >= 0.3 is 6.16 Å². The van der Waals surface area contributed by atoms with Crippen molar-refractivity contribution in [1.82, 2.24) is 4.98 Å². The van der Waals surface area contributed by atoms with Crippen molar-refractivity contribution in [2.75, 3.05) is 0 Å². The Morgan fingerprint density at radius 3 is 2.20 bits per heavy atom. The lowest BCUT2D eigenvalue weighted by molar-refractivity contribution is 0.0150. The maximum Gasteiger partial charge on any atom is 0.506 e. The summed E-state index contributed by atoms with van der Waals surface area (Å²) in [6, 6.07) is 5.64. The van der Waals surface area contributed by atoms with E-state index < -0.39 is 11.8 Å². The van der Waals surface area contributed by atoms with Gasteiger partial charge < -0.3 is 14.8 Å². The van der Waals surface area contributed by atoms with Crippen LogP contribution in [0.5, 0.6) is 0 Å². The van der Waals surface area contributed by atoms with E-state index in [-0.39, 0.29) is 0 Å². The maximum atomic E-state index is 9.79. The number of aromatic nitrogens is 1. The SMILES string of the molecule is CC(C)(C)OC(=O)O.S=c1cccc[nH]1. The molecule has 4 nitrogen and oxygen atoms in total. The average molecular weight is 229 g/mol. The van der Waals surface area contributed by atoms with Gasteiger partial charge in [0.15, 0.2) is 0 Å². The molecule has 0 radical (unpaired) electrons. The van der Waals surface area contributed by atoms with Crippen molar-refractivity contribution in [2.24, 2.45) is 0 Å². The molecule has 1 aromatic rings. The van der Waals surface area contributed by atoms with Crippen LogP contribution in [0.1, 0.15) is 20.8 Å². The van der Waals surface area contributed by atoms with Gasteiger partial charge in [-0.2, -0.15) is 0 Å². The van der Waals surface area contributed by atoms with Crippen LogP contribution in [0.25, 0.3) is 0 Å². The molecular formula is C10H15NO3S. The minimum atomic E-state index is -1.22. The Hall–Kier alpha value is -1.36. The summed E-state index contributed by atoms with van der Waals surface area (Å²) >= 11 is 4.76. The molecule has 0 saturated carbocycles. The highest BCUT2D eigenvalue weighted by atomic mass is 32.1. The largest absolute Gasteiger partial charge is 0.506 e. The van der Waals surface area contributed by atoms with Gasteiger partial charge in [-0.3, -0.25) is 0 Å². The molecule has 0 bridgehead atoms. The van der Waals surface area contributed by atoms with E-state index in [1.807, 2.05) is 24.4 Å². The fraction of sp³-hybridized carbons (Fsp3) is 0.400. The number of hydrogen-bond acceptors (Lipinski definition) is 3. The number of pyridine rings is 1. The lowest BCUT2D eigenvalue weighted by Crippen LogP contribution is -2.22. The summed E-state index contributed by atoms with van der Waals surface area (Å²) in [6.45, 7) is 5.04. The molecule has 0 atom stereocenters. The van der Waals surface area contributed by atoms with Crippen LogP contribution in [0.2, 0.25) is 0 Å². The van der Waals surface area contributed by atoms with E-state index in [0.29, 0.717) is 0 Å². The normalized spacial score (nSPS) is 9.80. The number of hydrogen-bond donors (Lipinski definition) is 2. The smallest absolute Gasteiger partial charge is 0.450 e. The summed E-state index contributed by atoms with van der Waals surface area (Å²) in [5, 5.41) is 8.03. The van der Waals surface area contributed by atoms with E-state index >= 15 is 0 Å². The number of carboxylic acid groups (broad SMARTS) is 1. The Kier molecular flexibility index (Phi) is 5.62. The van der Waals surface area contributed by atoms with Gasteiger partial charge in [0.25, 0.3) is 0 Å². The van der Waals surface area contributed by atoms with E-state index in [1.54, 1.807) is 20.8 Å². The van der Waals surface area contributed by atoms with Crippen molar-refractivity contribution in [3.05, 3.63) is 29.0 Å². The fourth-order valence-electron chi connectivity index (χ4n) is 0.639. The molecule has 0 spiro atoms. The summed E-state index contributed by atoms with van der Waals surface area (Å²) in [7, 11) is 0. The number of ether oxygens (including phenoxy) is 1. The van der Waals surface area contributed by atoms with Gasteiger partial charge in [-0.05, 0) is 32.9 Å². The van der Waals surface area contributed by atoms with Gasteiger partial charge in [0.05, 0.1) is 0 Å². The minimum absolute atomic E-state index is 0.578. The van der Waals surface area contributed by atoms with Crippen molar-refractivity contribution >= 4 is 18.4 Å². The lowest BCUT2D eigenvalue weighted by atomic mass is 10.2. The molecule has 84 valence electrons. The summed E-state index contributed by atoms with van der Waals surface area (Å²) < 4.78 is 5.13. The van der Waals surface area contributed by atoms with Crippen LogP contribution in [0.3, 0.4) is 0 Å². The number of nitrogens with one attached hydrogen (secondary N) is 1. The van der Waals surface area contributed by atoms with Gasteiger partial charge in [0.2, 0.25) is 0 Å². The first-order valence-electron chi connectivity index (χ1n) is 4.37. The third kappa shape index (κ3) is 10.6. The van der Waals surface area contributed by atoms with E-state index in [0.717, 1.165) is 4.64 Å². The highest BCUT2D eigenvalue weighted by Crippen LogP contribution is 2.05. The molecule has 5 heteroatoms. The first-order valence-corrected chi connectivity index (χ1v) is 4.78. The molecule has 0 saturated heterocycles. The van der Waals surface area contributed by atoms with Crippen molar-refractivity contribution < 1.29 is 14.6 Å².